The summed E-state index contributed by atoms with van der Waals surface area (Å²) in [5.74, 6) is -0.232. The van der Waals surface area contributed by atoms with Gasteiger partial charge in [-0.25, -0.2) is 5.10 Å². The molecule has 2 aromatic rings. The third kappa shape index (κ3) is 4.66. The number of hydrogen-bond acceptors (Lipinski definition) is 6. The smallest absolute Gasteiger partial charge is 0.423 e. The highest BCUT2D eigenvalue weighted by molar-refractivity contribution is 5.69. The van der Waals surface area contributed by atoms with E-state index in [2.05, 4.69) is 5.10 Å². The number of aliphatic carboxylic acids is 1. The summed E-state index contributed by atoms with van der Waals surface area (Å²) in [7, 11) is 0. The van der Waals surface area contributed by atoms with Crippen molar-refractivity contribution in [3.05, 3.63) is 51.4 Å². The Bertz CT molecular complexity index is 1030. The molecule has 11 heteroatoms. The van der Waals surface area contributed by atoms with Gasteiger partial charge in [0, 0.05) is 26.2 Å². The molecule has 1 saturated heterocycles. The van der Waals surface area contributed by atoms with Crippen LogP contribution < -0.4 is 15.2 Å². The Morgan fingerprint density at radius 3 is 2.61 bits per heavy atom. The quantitative estimate of drug-likeness (QED) is 0.739. The summed E-state index contributed by atoms with van der Waals surface area (Å²) in [4.78, 5) is 25.9. The Balaban J connectivity index is 1.45. The number of carbonyl (C=O) groups is 1. The Hall–Kier alpha value is -3.08. The number of carboxylic acids is 1. The maximum absolute atomic E-state index is 13.4. The predicted octanol–water partition coefficient (Wildman–Crippen LogP) is 2.24. The van der Waals surface area contributed by atoms with Crippen molar-refractivity contribution >= 4 is 11.7 Å². The molecular weight excluding hydrogens is 417 g/mol. The summed E-state index contributed by atoms with van der Waals surface area (Å²) in [5.41, 5.74) is -1.08. The number of hydrogen-bond donors (Lipinski definition) is 2. The largest absolute Gasteiger partial charge is 0.490 e. The maximum atomic E-state index is 13.4. The molecule has 0 spiro atoms. The van der Waals surface area contributed by atoms with E-state index in [0.717, 1.165) is 17.3 Å². The van der Waals surface area contributed by atoms with Crippen LogP contribution in [0.5, 0.6) is 5.75 Å². The second kappa shape index (κ2) is 8.22. The molecule has 0 aliphatic carbocycles. The van der Waals surface area contributed by atoms with Gasteiger partial charge in [0.05, 0.1) is 18.4 Å². The van der Waals surface area contributed by atoms with Gasteiger partial charge in [-0.05, 0) is 36.1 Å². The van der Waals surface area contributed by atoms with E-state index in [1.54, 1.807) is 6.07 Å². The first-order valence-corrected chi connectivity index (χ1v) is 9.83. The molecule has 0 radical (unpaired) electrons. The van der Waals surface area contributed by atoms with Gasteiger partial charge in [0.1, 0.15) is 17.4 Å². The van der Waals surface area contributed by atoms with E-state index in [9.17, 15) is 22.8 Å². The first-order chi connectivity index (χ1) is 14.7. The lowest BCUT2D eigenvalue weighted by Gasteiger charge is -2.31. The van der Waals surface area contributed by atoms with Gasteiger partial charge in [0.25, 0.3) is 5.56 Å². The Kier molecular flexibility index (Phi) is 5.61. The summed E-state index contributed by atoms with van der Waals surface area (Å²) in [6, 6.07) is 5.41. The van der Waals surface area contributed by atoms with Gasteiger partial charge in [-0.15, -0.1) is 0 Å². The van der Waals surface area contributed by atoms with E-state index in [-0.39, 0.29) is 31.4 Å². The Labute approximate surface area is 175 Å². The van der Waals surface area contributed by atoms with Crippen LogP contribution in [0, 0.1) is 0 Å². The topological polar surface area (TPSA) is 98.8 Å². The molecule has 2 N–H and O–H groups in total. The van der Waals surface area contributed by atoms with Crippen molar-refractivity contribution in [3.63, 3.8) is 0 Å². The van der Waals surface area contributed by atoms with Crippen molar-refractivity contribution in [3.8, 4) is 5.75 Å². The van der Waals surface area contributed by atoms with Crippen LogP contribution in [-0.2, 0) is 24.1 Å². The maximum Gasteiger partial charge on any atom is 0.423 e. The summed E-state index contributed by atoms with van der Waals surface area (Å²) in [6.07, 6.45) is -2.41. The fraction of sp³-hybridized carbons (Fsp3) is 0.450. The normalized spacial score (nSPS) is 17.6. The van der Waals surface area contributed by atoms with Crippen molar-refractivity contribution in [2.45, 2.75) is 38.2 Å². The molecule has 0 saturated carbocycles. The lowest BCUT2D eigenvalue weighted by Crippen LogP contribution is -2.40. The van der Waals surface area contributed by atoms with E-state index < -0.39 is 23.3 Å². The van der Waals surface area contributed by atoms with E-state index in [1.165, 1.54) is 4.90 Å². The van der Waals surface area contributed by atoms with Crippen LogP contribution in [0.15, 0.2) is 29.2 Å². The fourth-order valence-corrected chi connectivity index (χ4v) is 4.09. The number of likely N-dealkylation sites (tertiary alicyclic amines) is 1. The number of anilines is 1. The van der Waals surface area contributed by atoms with Crippen LogP contribution in [-0.4, -0.2) is 51.9 Å². The van der Waals surface area contributed by atoms with Crippen molar-refractivity contribution in [1.29, 1.82) is 0 Å². The number of H-pyrrole nitrogens is 1. The minimum Gasteiger partial charge on any atom is -0.490 e. The molecular formula is C20H21F3N4O4. The third-order valence-corrected chi connectivity index (χ3v) is 5.56. The summed E-state index contributed by atoms with van der Waals surface area (Å²) >= 11 is 0. The number of ether oxygens (including phenoxy) is 1. The molecule has 0 amide bonds. The number of fused-ring (bicyclic) bond motifs is 1. The van der Waals surface area contributed by atoms with Crippen molar-refractivity contribution in [1.82, 2.24) is 15.1 Å². The number of alkyl halides is 3. The summed E-state index contributed by atoms with van der Waals surface area (Å²) in [5, 5.41) is 14.3. The first kappa shape index (κ1) is 21.2. The standard InChI is InChI=1S/C20H21F3N4O4/c21-20(22,23)18-16(8-24-25-19(18)30)27-9-12-1-2-15(7-13(12)10-27)31-14-3-5-26(6-4-14)11-17(28)29/h1-2,7-8,14H,3-6,9-11H2,(H,25,30)(H,28,29). The number of aromatic amines is 1. The number of nitrogens with one attached hydrogen (secondary N) is 1. The third-order valence-electron chi connectivity index (χ3n) is 5.56. The predicted molar refractivity (Wildman–Crippen MR) is 104 cm³/mol. The van der Waals surface area contributed by atoms with Crippen molar-refractivity contribution in [2.24, 2.45) is 0 Å². The van der Waals surface area contributed by atoms with Crippen molar-refractivity contribution < 1.29 is 27.8 Å². The average Bonchev–Trinajstić information content (AvgIpc) is 3.11. The molecule has 1 fully saturated rings. The number of nitrogens with zero attached hydrogens (tertiary/aromatic N) is 3. The molecule has 0 unspecified atom stereocenters. The van der Waals surface area contributed by atoms with E-state index in [4.69, 9.17) is 9.84 Å². The van der Waals surface area contributed by atoms with Crippen LogP contribution in [0.3, 0.4) is 0 Å². The molecule has 2 aliphatic heterocycles. The van der Waals surface area contributed by atoms with Gasteiger partial charge in [0.15, 0.2) is 0 Å². The zero-order valence-electron chi connectivity index (χ0n) is 16.5. The van der Waals surface area contributed by atoms with Gasteiger partial charge >= 0.3 is 12.1 Å². The van der Waals surface area contributed by atoms with Crippen LogP contribution >= 0.6 is 0 Å². The minimum absolute atomic E-state index is 0.0124. The molecule has 1 aromatic carbocycles. The molecule has 3 heterocycles. The zero-order valence-corrected chi connectivity index (χ0v) is 16.5. The molecule has 0 atom stereocenters. The van der Waals surface area contributed by atoms with Crippen LogP contribution in [0.1, 0.15) is 29.5 Å². The number of halogens is 3. The molecule has 8 nitrogen and oxygen atoms in total. The molecule has 2 aliphatic rings. The van der Waals surface area contributed by atoms with E-state index in [0.29, 0.717) is 31.7 Å². The lowest BCUT2D eigenvalue weighted by molar-refractivity contribution is -0.139. The molecule has 1 aromatic heterocycles. The van der Waals surface area contributed by atoms with Crippen LogP contribution in [0.25, 0.3) is 0 Å². The van der Waals surface area contributed by atoms with Crippen molar-refractivity contribution in [2.75, 3.05) is 24.5 Å². The fourth-order valence-electron chi connectivity index (χ4n) is 4.09. The Morgan fingerprint density at radius 1 is 1.23 bits per heavy atom. The summed E-state index contributed by atoms with van der Waals surface area (Å²) < 4.78 is 46.2. The number of carboxylic acid groups (broad SMARTS) is 1. The van der Waals surface area contributed by atoms with Gasteiger partial charge in [-0.2, -0.15) is 18.3 Å². The highest BCUT2D eigenvalue weighted by Crippen LogP contribution is 2.37. The van der Waals surface area contributed by atoms with E-state index in [1.807, 2.05) is 22.1 Å². The van der Waals surface area contributed by atoms with Crippen LogP contribution in [0.4, 0.5) is 18.9 Å². The number of rotatable bonds is 5. The first-order valence-electron chi connectivity index (χ1n) is 9.83. The zero-order chi connectivity index (χ0) is 22.2. The molecule has 166 valence electrons. The lowest BCUT2D eigenvalue weighted by atomic mass is 10.1. The SMILES string of the molecule is O=C(O)CN1CCC(Oc2ccc3c(c2)CN(c2cn[nH]c(=O)c2C(F)(F)F)C3)CC1. The summed E-state index contributed by atoms with van der Waals surface area (Å²) in [6.45, 7) is 1.71. The minimum atomic E-state index is -4.79. The van der Waals surface area contributed by atoms with Gasteiger partial charge in [-0.1, -0.05) is 6.07 Å². The molecule has 4 rings (SSSR count). The second-order valence-corrected chi connectivity index (χ2v) is 7.73. The molecule has 0 bridgehead atoms. The highest BCUT2D eigenvalue weighted by atomic mass is 19.4. The van der Waals surface area contributed by atoms with Gasteiger partial charge in [-0.3, -0.25) is 14.5 Å². The average molecular weight is 438 g/mol. The van der Waals surface area contributed by atoms with Crippen LogP contribution in [0.2, 0.25) is 0 Å². The monoisotopic (exact) mass is 438 g/mol. The Morgan fingerprint density at radius 2 is 1.94 bits per heavy atom. The number of benzene rings is 1. The molecule has 31 heavy (non-hydrogen) atoms. The number of aromatic nitrogens is 2. The highest BCUT2D eigenvalue weighted by Gasteiger charge is 2.39. The van der Waals surface area contributed by atoms with Gasteiger partial charge < -0.3 is 14.7 Å². The number of piperidine rings is 1. The van der Waals surface area contributed by atoms with Gasteiger partial charge in [0.2, 0.25) is 0 Å². The second-order valence-electron chi connectivity index (χ2n) is 7.73. The van der Waals surface area contributed by atoms with E-state index >= 15 is 0 Å².